The van der Waals surface area contributed by atoms with Crippen molar-refractivity contribution in [2.75, 3.05) is 89.9 Å². The second kappa shape index (κ2) is 50.2. The molecule has 0 spiro atoms. The summed E-state index contributed by atoms with van der Waals surface area (Å²) in [5.74, 6) is 0.0595. The molecule has 552 valence electrons. The van der Waals surface area contributed by atoms with Gasteiger partial charge in [0.1, 0.15) is 83.4 Å². The van der Waals surface area contributed by atoms with E-state index in [9.17, 15) is 33.6 Å². The second-order valence-electron chi connectivity index (χ2n) is 18.7. The summed E-state index contributed by atoms with van der Waals surface area (Å²) >= 11 is 50.9. The Bertz CT molecular complexity index is 3990. The number of ether oxygens (including phenoxy) is 4. The number of hydrogen-bond donors (Lipinski definition) is 8. The van der Waals surface area contributed by atoms with Crippen LogP contribution in [0, 0.1) is 0 Å². The molecule has 0 atom stereocenters. The number of alkyl halides is 3. The second-order valence-corrected chi connectivity index (χ2v) is 76.7. The van der Waals surface area contributed by atoms with E-state index in [-0.39, 0.29) is 87.4 Å². The van der Waals surface area contributed by atoms with Crippen molar-refractivity contribution in [1.29, 1.82) is 0 Å². The number of nitrogens with one attached hydrogen (secondary N) is 3. The number of aromatic nitrogens is 5. The Labute approximate surface area is 723 Å². The van der Waals surface area contributed by atoms with Gasteiger partial charge in [0.2, 0.25) is 33.0 Å². The first-order chi connectivity index (χ1) is 47.8. The van der Waals surface area contributed by atoms with Gasteiger partial charge in [-0.05, 0) is 125 Å². The first-order valence-electron chi connectivity index (χ1n) is 28.1. The topological polar surface area (TPSA) is 404 Å². The minimum atomic E-state index is -1.99. The Morgan fingerprint density at radius 3 is 1.17 bits per heavy atom. The minimum Gasteiger partial charge on any atom is -1.00 e. The Hall–Kier alpha value is -2.62. The smallest absolute Gasteiger partial charge is 1.00 e. The molecule has 0 saturated heterocycles. The summed E-state index contributed by atoms with van der Waals surface area (Å²) in [5, 5.41) is 46.7. The molecule has 0 fully saturated rings. The van der Waals surface area contributed by atoms with Crippen LogP contribution in [-0.2, 0) is 18.9 Å². The number of nitrogens with zero attached hydrogens (tertiary/aromatic N) is 8. The van der Waals surface area contributed by atoms with E-state index in [1.807, 2.05) is 24.3 Å². The fraction of sp³-hybridized carbons (Fsp3) is 0.246. The molecule has 4 aliphatic rings. The molecule has 0 radical (unpaired) electrons. The first-order valence-corrected chi connectivity index (χ1v) is 47.9. The predicted molar refractivity (Wildman–Crippen MR) is 440 cm³/mol. The SMILES string of the molecule is BrP(Br)(Br)(Br)Br.Brc1cc(C2=NCCO2)nc(C2=NCCO2)c1.Cl.NCCCl.O=C(Br)c1cc(Br)cc(C(=O)Br)n1.O=C(NCCCl)c1cc(Br)cc(C(=O)NCCCl)n1.O=C(O)c1cc(=O)cc(C(=O)O)[nH]1.OB(O)c1ccsc1.[H-].[Na+].c1cc(-c2cc(C3=NCCO3)nc(C3=NCCO3)c2)cs1. The fourth-order valence-electron chi connectivity index (χ4n) is 7.15. The van der Waals surface area contributed by atoms with Crippen LogP contribution >= 0.6 is 227 Å². The number of carboxylic acids is 2. The quantitative estimate of drug-likeness (QED) is 0.0182. The third kappa shape index (κ3) is 38.5. The number of carbonyl (C=O) groups excluding carboxylic acids is 4. The summed E-state index contributed by atoms with van der Waals surface area (Å²) in [6.45, 7) is 6.49. The molecule has 7 aromatic rings. The average Bonchev–Trinajstić information content (AvgIpc) is 1.57. The van der Waals surface area contributed by atoms with Crippen molar-refractivity contribution < 1.29 is 99.0 Å². The van der Waals surface area contributed by atoms with Gasteiger partial charge in [-0.25, -0.2) is 49.5 Å². The van der Waals surface area contributed by atoms with Gasteiger partial charge in [0.15, 0.2) is 5.43 Å². The number of halogens is 14. The average molecular weight is 2220 g/mol. The molecule has 27 nitrogen and oxygen atoms in total. The Kier molecular flexibility index (Phi) is 47.0. The maximum atomic E-state index is 11.7. The summed E-state index contributed by atoms with van der Waals surface area (Å²) in [7, 11) is -1.30. The molecule has 0 bridgehead atoms. The van der Waals surface area contributed by atoms with E-state index in [0.29, 0.717) is 139 Å². The standard InChI is InChI=1S/C15H13N3O2S.C11H12BrCl2N3O2.C11H10BrN3O2.C7H2Br3NO2.C7H5NO5.C4H5BO2S.C2H6ClN.Br5P.ClH.Na.H/c1-6-21-9-10(1)11-7-12(14-16-2-4-19-14)18-13(8-11)15-17-3-5-20-15;12-7-5-8(10(18)15-3-1-13)17-9(6-7)11(19)16-4-2-14;12-7-5-8(10-13-1-3-16-10)15-9(6-7)11-14-2-4-17-11;8-3-1-4(6(9)12)11-5(2-3)7(10)13;9-3-1-4(6(10)11)8-5(2-3)7(12)13;6-5(7)4-1-2-8-3-4;3-1-2-4;1-6(2,3,4)5;;;/h1,6-9H,2-5H2;5-6H,1-4H2,(H,15,18)(H,16,19);5-6H,1-4H2;1-2H;1-2H,(H,8,9)(H,10,11)(H,12,13);1-3,6-7H;1-2,4H2;;1H;;/q;;;;;;;;;+1;-1. The zero-order chi connectivity index (χ0) is 74.8. The van der Waals surface area contributed by atoms with E-state index >= 15 is 0 Å². The van der Waals surface area contributed by atoms with Crippen LogP contribution in [0.15, 0.2) is 132 Å². The van der Waals surface area contributed by atoms with Crippen LogP contribution in [-0.4, -0.2) is 199 Å². The molecule has 0 saturated carbocycles. The molecule has 46 heteroatoms. The van der Waals surface area contributed by atoms with E-state index in [2.05, 4.69) is 229 Å². The number of carboxylic acid groups (broad SMARTS) is 2. The fourth-order valence-corrected chi connectivity index (χ4v) is 10.4. The van der Waals surface area contributed by atoms with E-state index in [1.165, 1.54) is 35.6 Å². The Morgan fingerprint density at radius 2 is 0.893 bits per heavy atom. The van der Waals surface area contributed by atoms with Crippen LogP contribution in [0.25, 0.3) is 11.1 Å². The van der Waals surface area contributed by atoms with Gasteiger partial charge in [0.05, 0.1) is 26.2 Å². The van der Waals surface area contributed by atoms with Gasteiger partial charge in [0, 0.05) is 62.8 Å². The van der Waals surface area contributed by atoms with Crippen molar-refractivity contribution in [2.24, 2.45) is 25.7 Å². The van der Waals surface area contributed by atoms with E-state index < -0.39 is 36.0 Å². The number of nitrogens with two attached hydrogens (primary N) is 1. The van der Waals surface area contributed by atoms with Crippen molar-refractivity contribution in [2.45, 2.75) is 0 Å². The van der Waals surface area contributed by atoms with Gasteiger partial charge in [-0.3, -0.25) is 24.0 Å². The predicted octanol–water partition coefficient (Wildman–Crippen LogP) is 10.5. The van der Waals surface area contributed by atoms with Crippen LogP contribution < -0.4 is 56.8 Å². The molecule has 7 aromatic heterocycles. The normalized spacial score (nSPS) is 13.0. The van der Waals surface area contributed by atoms with Crippen LogP contribution in [0.2, 0.25) is 0 Å². The zero-order valence-electron chi connectivity index (χ0n) is 53.7. The molecular weight excluding hydrogens is 2160 g/mol. The van der Waals surface area contributed by atoms with Crippen LogP contribution in [0.1, 0.15) is 87.1 Å². The molecule has 0 aliphatic carbocycles. The molecule has 2 amide bonds. The molecule has 4 aliphatic heterocycles. The summed E-state index contributed by atoms with van der Waals surface area (Å²) in [4.78, 5) is 113. The number of hydrogen-bond acceptors (Lipinski definition) is 24. The molecule has 11 heterocycles. The van der Waals surface area contributed by atoms with Crippen LogP contribution in [0.5, 0.6) is 0 Å². The number of rotatable bonds is 17. The third-order valence-corrected chi connectivity index (χ3v) is 15.3. The number of H-pyrrole nitrogens is 1. The number of carbonyl (C=O) groups is 6. The summed E-state index contributed by atoms with van der Waals surface area (Å²) < 4.78 is 21.3. The van der Waals surface area contributed by atoms with Crippen molar-refractivity contribution in [1.82, 2.24) is 35.6 Å². The number of aromatic carboxylic acids is 2. The van der Waals surface area contributed by atoms with E-state index in [0.717, 1.165) is 39.1 Å². The number of amides is 2. The van der Waals surface area contributed by atoms with Crippen molar-refractivity contribution >= 4 is 296 Å². The number of aromatic amines is 1. The van der Waals surface area contributed by atoms with Gasteiger partial charge in [0.25, 0.3) is 11.8 Å². The van der Waals surface area contributed by atoms with Gasteiger partial charge in [-0.15, -0.1) is 47.2 Å². The van der Waals surface area contributed by atoms with E-state index in [1.54, 1.807) is 28.2 Å². The Balaban J connectivity index is 0.000000614. The van der Waals surface area contributed by atoms with Gasteiger partial charge in [-0.1, -0.05) is 53.9 Å². The number of thiophene rings is 2. The maximum Gasteiger partial charge on any atom is 1.00 e. The molecular formula is C57H55BBr10Cl4N12NaO15PS2. The molecule has 0 unspecified atom stereocenters. The van der Waals surface area contributed by atoms with Crippen LogP contribution in [0.3, 0.4) is 0 Å². The number of pyridine rings is 5. The third-order valence-electron chi connectivity index (χ3n) is 11.2. The van der Waals surface area contributed by atoms with E-state index in [4.69, 9.17) is 79.7 Å². The van der Waals surface area contributed by atoms with Gasteiger partial charge >= 0.3 is 126 Å². The summed E-state index contributed by atoms with van der Waals surface area (Å²) in [5.41, 5.74) is 9.74. The molecule has 103 heavy (non-hydrogen) atoms. The maximum absolute atomic E-state index is 11.7. The minimum absolute atomic E-state index is 0. The molecule has 0 aromatic carbocycles. The summed E-state index contributed by atoms with van der Waals surface area (Å²) in [6.07, 6.45) is 0. The number of aliphatic imine (C=N–C) groups is 4. The zero-order valence-corrected chi connectivity index (χ0v) is 76.2. The van der Waals surface area contributed by atoms with Crippen LogP contribution in [0.4, 0.5) is 0 Å². The van der Waals surface area contributed by atoms with Gasteiger partial charge in [-0.2, -0.15) is 22.7 Å². The van der Waals surface area contributed by atoms with Crippen molar-refractivity contribution in [3.05, 3.63) is 175 Å². The van der Waals surface area contributed by atoms with Crippen molar-refractivity contribution in [3.8, 4) is 11.1 Å². The van der Waals surface area contributed by atoms with Gasteiger partial charge < -0.3 is 62.0 Å². The monoisotopic (exact) mass is 2210 g/mol. The largest absolute Gasteiger partial charge is 1.00 e. The molecule has 11 rings (SSSR count). The van der Waals surface area contributed by atoms with Crippen molar-refractivity contribution in [3.63, 3.8) is 0 Å². The summed E-state index contributed by atoms with van der Waals surface area (Å²) in [6, 6.07) is 19.3. The molecule has 9 N–H and O–H groups in total. The first kappa shape index (κ1) is 96.5. The Morgan fingerprint density at radius 1 is 0.553 bits per heavy atom.